The molecule has 0 unspecified atom stereocenters. The van der Waals surface area contributed by atoms with E-state index in [4.69, 9.17) is 11.6 Å². The van der Waals surface area contributed by atoms with Crippen molar-refractivity contribution in [3.8, 4) is 0 Å². The van der Waals surface area contributed by atoms with Gasteiger partial charge in [-0.15, -0.1) is 0 Å². The minimum absolute atomic E-state index is 0.338. The summed E-state index contributed by atoms with van der Waals surface area (Å²) in [7, 11) is 1.36. The summed E-state index contributed by atoms with van der Waals surface area (Å²) in [5.41, 5.74) is 2.35. The number of carbonyl (C=O) groups is 1. The molecule has 0 aliphatic heterocycles. The summed E-state index contributed by atoms with van der Waals surface area (Å²) in [6.07, 6.45) is 1.64. The van der Waals surface area contributed by atoms with Crippen LogP contribution in [0.25, 0.3) is 0 Å². The number of esters is 1. The number of anilines is 1. The first-order valence-electron chi connectivity index (χ1n) is 5.72. The number of hydrogen-bond acceptors (Lipinski definition) is 4. The van der Waals surface area contributed by atoms with Crippen LogP contribution in [0, 0.1) is 0 Å². The standard InChI is InChI=1S/C14H13ClN2O2/c1-19-14(18)11-6-4-10(5-7-11)9-17-12-3-2-8-16-13(12)15/h2-8,17H,9H2,1H3. The number of methoxy groups -OCH3 is 1. The predicted molar refractivity (Wildman–Crippen MR) is 74.4 cm³/mol. The van der Waals surface area contributed by atoms with E-state index >= 15 is 0 Å². The van der Waals surface area contributed by atoms with Gasteiger partial charge in [-0.25, -0.2) is 9.78 Å². The van der Waals surface area contributed by atoms with Gasteiger partial charge < -0.3 is 10.1 Å². The quantitative estimate of drug-likeness (QED) is 0.688. The van der Waals surface area contributed by atoms with Gasteiger partial charge in [0, 0.05) is 12.7 Å². The number of hydrogen-bond donors (Lipinski definition) is 1. The summed E-state index contributed by atoms with van der Waals surface area (Å²) in [5.74, 6) is -0.338. The van der Waals surface area contributed by atoms with E-state index in [9.17, 15) is 4.79 Å². The molecule has 0 atom stereocenters. The zero-order valence-electron chi connectivity index (χ0n) is 10.4. The van der Waals surface area contributed by atoms with Crippen LogP contribution in [0.5, 0.6) is 0 Å². The number of ether oxygens (including phenoxy) is 1. The molecule has 0 bridgehead atoms. The summed E-state index contributed by atoms with van der Waals surface area (Å²) < 4.78 is 4.64. The Morgan fingerprint density at radius 1 is 1.32 bits per heavy atom. The molecule has 0 aliphatic carbocycles. The third kappa shape index (κ3) is 3.45. The van der Waals surface area contributed by atoms with Gasteiger partial charge >= 0.3 is 5.97 Å². The molecule has 5 heteroatoms. The van der Waals surface area contributed by atoms with Crippen molar-refractivity contribution in [1.29, 1.82) is 0 Å². The molecule has 0 aliphatic rings. The Balaban J connectivity index is 2.01. The van der Waals surface area contributed by atoms with E-state index < -0.39 is 0 Å². The van der Waals surface area contributed by atoms with Gasteiger partial charge in [-0.05, 0) is 29.8 Å². The van der Waals surface area contributed by atoms with Crippen molar-refractivity contribution >= 4 is 23.3 Å². The summed E-state index contributed by atoms with van der Waals surface area (Å²) >= 11 is 5.94. The lowest BCUT2D eigenvalue weighted by Gasteiger charge is -2.08. The Labute approximate surface area is 116 Å². The summed E-state index contributed by atoms with van der Waals surface area (Å²) in [5, 5.41) is 3.62. The number of benzene rings is 1. The fourth-order valence-electron chi connectivity index (χ4n) is 1.59. The maximum absolute atomic E-state index is 11.3. The predicted octanol–water partition coefficient (Wildman–Crippen LogP) is 3.13. The summed E-state index contributed by atoms with van der Waals surface area (Å²) in [6, 6.07) is 10.9. The van der Waals surface area contributed by atoms with Crippen LogP contribution in [0.1, 0.15) is 15.9 Å². The Bertz CT molecular complexity index is 570. The zero-order valence-corrected chi connectivity index (χ0v) is 11.1. The van der Waals surface area contributed by atoms with Gasteiger partial charge in [0.2, 0.25) is 0 Å². The molecule has 2 aromatic rings. The van der Waals surface area contributed by atoms with Crippen LogP contribution in [0.2, 0.25) is 5.15 Å². The molecule has 1 N–H and O–H groups in total. The Morgan fingerprint density at radius 2 is 2.05 bits per heavy atom. The van der Waals surface area contributed by atoms with Gasteiger partial charge in [0.25, 0.3) is 0 Å². The van der Waals surface area contributed by atoms with Crippen LogP contribution in [-0.4, -0.2) is 18.1 Å². The molecule has 0 saturated carbocycles. The Kier molecular flexibility index (Phi) is 4.36. The molecule has 0 amide bonds. The average molecular weight is 277 g/mol. The zero-order chi connectivity index (χ0) is 13.7. The van der Waals surface area contributed by atoms with Gasteiger partial charge in [-0.3, -0.25) is 0 Å². The molecule has 0 spiro atoms. The molecule has 0 fully saturated rings. The number of halogens is 1. The Morgan fingerprint density at radius 3 is 2.68 bits per heavy atom. The van der Waals surface area contributed by atoms with Gasteiger partial charge in [0.1, 0.15) is 0 Å². The number of pyridine rings is 1. The normalized spacial score (nSPS) is 10.0. The molecule has 1 aromatic carbocycles. The molecular weight excluding hydrogens is 264 g/mol. The maximum atomic E-state index is 11.3. The molecule has 1 aromatic heterocycles. The van der Waals surface area contributed by atoms with Crippen LogP contribution >= 0.6 is 11.6 Å². The molecular formula is C14H13ClN2O2. The molecule has 0 radical (unpaired) electrons. The van der Waals surface area contributed by atoms with Crippen LogP contribution in [0.3, 0.4) is 0 Å². The van der Waals surface area contributed by atoms with Gasteiger partial charge in [-0.1, -0.05) is 23.7 Å². The van der Waals surface area contributed by atoms with E-state index in [0.717, 1.165) is 11.3 Å². The summed E-state index contributed by atoms with van der Waals surface area (Å²) in [6.45, 7) is 0.604. The van der Waals surface area contributed by atoms with E-state index in [1.165, 1.54) is 7.11 Å². The van der Waals surface area contributed by atoms with Crippen molar-refractivity contribution < 1.29 is 9.53 Å². The SMILES string of the molecule is COC(=O)c1ccc(CNc2cccnc2Cl)cc1. The highest BCUT2D eigenvalue weighted by Crippen LogP contribution is 2.18. The van der Waals surface area contributed by atoms with Crippen molar-refractivity contribution in [2.75, 3.05) is 12.4 Å². The highest BCUT2D eigenvalue weighted by molar-refractivity contribution is 6.31. The lowest BCUT2D eigenvalue weighted by Crippen LogP contribution is -2.03. The minimum Gasteiger partial charge on any atom is -0.465 e. The molecule has 0 saturated heterocycles. The number of aromatic nitrogens is 1. The van der Waals surface area contributed by atoms with Crippen LogP contribution in [-0.2, 0) is 11.3 Å². The highest BCUT2D eigenvalue weighted by Gasteiger charge is 2.04. The number of carbonyl (C=O) groups excluding carboxylic acids is 1. The van der Waals surface area contributed by atoms with Crippen molar-refractivity contribution in [3.63, 3.8) is 0 Å². The topological polar surface area (TPSA) is 51.2 Å². The lowest BCUT2D eigenvalue weighted by molar-refractivity contribution is 0.0600. The third-order valence-electron chi connectivity index (χ3n) is 2.62. The minimum atomic E-state index is -0.338. The van der Waals surface area contributed by atoms with Gasteiger partial charge in [-0.2, -0.15) is 0 Å². The first kappa shape index (κ1) is 13.4. The summed E-state index contributed by atoms with van der Waals surface area (Å²) in [4.78, 5) is 15.3. The maximum Gasteiger partial charge on any atom is 0.337 e. The van der Waals surface area contributed by atoms with E-state index in [2.05, 4.69) is 15.0 Å². The fourth-order valence-corrected chi connectivity index (χ4v) is 1.78. The first-order chi connectivity index (χ1) is 9.20. The fraction of sp³-hybridized carbons (Fsp3) is 0.143. The second-order valence-corrected chi connectivity index (χ2v) is 4.24. The molecule has 19 heavy (non-hydrogen) atoms. The number of nitrogens with zero attached hydrogens (tertiary/aromatic N) is 1. The highest BCUT2D eigenvalue weighted by atomic mass is 35.5. The molecule has 1 heterocycles. The molecule has 98 valence electrons. The van der Waals surface area contributed by atoms with E-state index in [1.54, 1.807) is 18.3 Å². The van der Waals surface area contributed by atoms with Crippen molar-refractivity contribution in [3.05, 3.63) is 58.9 Å². The molecule has 2 rings (SSSR count). The average Bonchev–Trinajstić information content (AvgIpc) is 2.46. The van der Waals surface area contributed by atoms with Crippen molar-refractivity contribution in [2.24, 2.45) is 0 Å². The van der Waals surface area contributed by atoms with Crippen LogP contribution < -0.4 is 5.32 Å². The number of nitrogens with one attached hydrogen (secondary N) is 1. The van der Waals surface area contributed by atoms with E-state index in [1.807, 2.05) is 24.3 Å². The Hall–Kier alpha value is -2.07. The second kappa shape index (κ2) is 6.20. The van der Waals surface area contributed by atoms with Crippen molar-refractivity contribution in [1.82, 2.24) is 4.98 Å². The second-order valence-electron chi connectivity index (χ2n) is 3.88. The van der Waals surface area contributed by atoms with Crippen molar-refractivity contribution in [2.45, 2.75) is 6.54 Å². The van der Waals surface area contributed by atoms with Gasteiger partial charge in [0.05, 0.1) is 18.4 Å². The largest absolute Gasteiger partial charge is 0.465 e. The monoisotopic (exact) mass is 276 g/mol. The lowest BCUT2D eigenvalue weighted by atomic mass is 10.1. The van der Waals surface area contributed by atoms with Gasteiger partial charge in [0.15, 0.2) is 5.15 Å². The smallest absolute Gasteiger partial charge is 0.337 e. The third-order valence-corrected chi connectivity index (χ3v) is 2.92. The van der Waals surface area contributed by atoms with E-state index in [-0.39, 0.29) is 5.97 Å². The molecule has 4 nitrogen and oxygen atoms in total. The number of rotatable bonds is 4. The van der Waals surface area contributed by atoms with Crippen LogP contribution in [0.4, 0.5) is 5.69 Å². The van der Waals surface area contributed by atoms with E-state index in [0.29, 0.717) is 17.3 Å². The van der Waals surface area contributed by atoms with Crippen LogP contribution in [0.15, 0.2) is 42.6 Å². The first-order valence-corrected chi connectivity index (χ1v) is 6.10.